The normalized spacial score (nSPS) is 11.9. The molecular weight excluding hydrogens is 422 g/mol. The van der Waals surface area contributed by atoms with Crippen molar-refractivity contribution < 1.29 is 9.47 Å². The Morgan fingerprint density at radius 1 is 0.676 bits per heavy atom. The van der Waals surface area contributed by atoms with E-state index in [1.807, 2.05) is 48.5 Å². The molecule has 0 aliphatic heterocycles. The first kappa shape index (κ1) is 27.4. The molecule has 0 bridgehead atoms. The van der Waals surface area contributed by atoms with Gasteiger partial charge in [-0.25, -0.2) is 0 Å². The number of allylic oxidation sites excluding steroid dienone is 2. The highest BCUT2D eigenvalue weighted by molar-refractivity contribution is 5.97. The summed E-state index contributed by atoms with van der Waals surface area (Å²) < 4.78 is 11.8. The van der Waals surface area contributed by atoms with Gasteiger partial charge in [-0.3, -0.25) is 0 Å². The van der Waals surface area contributed by atoms with Crippen molar-refractivity contribution in [3.63, 3.8) is 0 Å². The van der Waals surface area contributed by atoms with Crippen LogP contribution >= 0.6 is 0 Å². The molecule has 0 amide bonds. The number of likely N-dealkylation sites (N-methyl/N-ethyl adjacent to an activating group) is 2. The number of nitrogens with zero attached hydrogens (tertiary/aromatic N) is 3. The first-order chi connectivity index (χ1) is 16.6. The average Bonchev–Trinajstić information content (AvgIpc) is 2.88. The van der Waals surface area contributed by atoms with Crippen LogP contribution in [-0.4, -0.2) is 62.3 Å². The second-order valence-electron chi connectivity index (χ2n) is 8.12. The zero-order chi connectivity index (χ0) is 24.8. The van der Waals surface area contributed by atoms with E-state index in [-0.39, 0.29) is 0 Å². The van der Waals surface area contributed by atoms with Gasteiger partial charge in [0.05, 0.1) is 5.57 Å². The van der Waals surface area contributed by atoms with E-state index in [2.05, 4.69) is 50.5 Å². The van der Waals surface area contributed by atoms with Crippen LogP contribution in [0.3, 0.4) is 0 Å². The SMILES string of the molecule is CCC(=C(C#N)c1ccc(OCCN(CC)CC)cc1)c1ccc(OCCN(CC)CC)cc1. The minimum absolute atomic E-state index is 0.658. The molecule has 0 saturated carbocycles. The maximum Gasteiger partial charge on any atom is 0.119 e. The fourth-order valence-corrected chi connectivity index (χ4v) is 3.97. The van der Waals surface area contributed by atoms with Crippen molar-refractivity contribution in [1.29, 1.82) is 5.26 Å². The minimum atomic E-state index is 0.658. The molecule has 34 heavy (non-hydrogen) atoms. The number of nitriles is 1. The third-order valence-electron chi connectivity index (χ3n) is 6.25. The maximum atomic E-state index is 9.96. The molecule has 2 aromatic carbocycles. The lowest BCUT2D eigenvalue weighted by molar-refractivity contribution is 0.223. The molecule has 2 rings (SSSR count). The van der Waals surface area contributed by atoms with Crippen molar-refractivity contribution in [2.45, 2.75) is 41.0 Å². The molecule has 0 aromatic heterocycles. The van der Waals surface area contributed by atoms with Crippen molar-refractivity contribution >= 4 is 11.1 Å². The molecule has 5 heteroatoms. The molecule has 0 fully saturated rings. The van der Waals surface area contributed by atoms with E-state index in [4.69, 9.17) is 9.47 Å². The summed E-state index contributed by atoms with van der Waals surface area (Å²) in [5.74, 6) is 1.69. The van der Waals surface area contributed by atoms with Crippen LogP contribution in [0.4, 0.5) is 0 Å². The molecule has 0 aliphatic carbocycles. The number of rotatable bonds is 15. The largest absolute Gasteiger partial charge is 0.492 e. The van der Waals surface area contributed by atoms with Gasteiger partial charge >= 0.3 is 0 Å². The van der Waals surface area contributed by atoms with E-state index < -0.39 is 0 Å². The van der Waals surface area contributed by atoms with Gasteiger partial charge in [0, 0.05) is 13.1 Å². The zero-order valence-electron chi connectivity index (χ0n) is 21.6. The highest BCUT2D eigenvalue weighted by Crippen LogP contribution is 2.30. The summed E-state index contributed by atoms with van der Waals surface area (Å²) in [5, 5.41) is 9.96. The summed E-state index contributed by atoms with van der Waals surface area (Å²) >= 11 is 0. The van der Waals surface area contributed by atoms with Crippen molar-refractivity contribution in [1.82, 2.24) is 9.80 Å². The van der Waals surface area contributed by atoms with Gasteiger partial charge in [-0.15, -0.1) is 0 Å². The fraction of sp³-hybridized carbons (Fsp3) is 0.483. The quantitative estimate of drug-likeness (QED) is 0.240. The Morgan fingerprint density at radius 3 is 1.44 bits per heavy atom. The smallest absolute Gasteiger partial charge is 0.119 e. The Balaban J connectivity index is 2.08. The van der Waals surface area contributed by atoms with Crippen LogP contribution in [0.25, 0.3) is 11.1 Å². The van der Waals surface area contributed by atoms with Crippen LogP contribution in [0.5, 0.6) is 11.5 Å². The first-order valence-electron chi connectivity index (χ1n) is 12.6. The van der Waals surface area contributed by atoms with E-state index in [9.17, 15) is 5.26 Å². The molecule has 0 atom stereocenters. The monoisotopic (exact) mass is 463 g/mol. The summed E-state index contributed by atoms with van der Waals surface area (Å²) in [6.07, 6.45) is 0.771. The van der Waals surface area contributed by atoms with E-state index in [1.54, 1.807) is 0 Å². The fourth-order valence-electron chi connectivity index (χ4n) is 3.97. The Kier molecular flexibility index (Phi) is 12.2. The molecule has 0 heterocycles. The molecule has 184 valence electrons. The predicted octanol–water partition coefficient (Wildman–Crippen LogP) is 5.97. The Morgan fingerprint density at radius 2 is 1.09 bits per heavy atom. The Bertz CT molecular complexity index is 906. The van der Waals surface area contributed by atoms with E-state index in [1.165, 1.54) is 0 Å². The van der Waals surface area contributed by atoms with Gasteiger partial charge in [0.15, 0.2) is 0 Å². The molecule has 0 unspecified atom stereocenters. The molecule has 0 spiro atoms. The summed E-state index contributed by atoms with van der Waals surface area (Å²) in [4.78, 5) is 4.67. The van der Waals surface area contributed by atoms with Crippen LogP contribution < -0.4 is 9.47 Å². The standard InChI is InChI=1S/C29H41N3O2/c1-6-28(24-11-15-26(16-12-24)33-21-19-31(7-2)8-3)29(23-30)25-13-17-27(18-14-25)34-22-20-32(9-4)10-5/h11-18H,6-10,19-22H2,1-5H3. The van der Waals surface area contributed by atoms with Gasteiger partial charge in [0.2, 0.25) is 0 Å². The highest BCUT2D eigenvalue weighted by Gasteiger charge is 2.11. The zero-order valence-corrected chi connectivity index (χ0v) is 21.6. The molecule has 0 radical (unpaired) electrons. The van der Waals surface area contributed by atoms with Crippen molar-refractivity contribution in [2.75, 3.05) is 52.5 Å². The Labute approximate surface area is 206 Å². The summed E-state index contributed by atoms with van der Waals surface area (Å²) in [6.45, 7) is 18.0. The van der Waals surface area contributed by atoms with E-state index >= 15 is 0 Å². The lowest BCUT2D eigenvalue weighted by atomic mass is 9.93. The van der Waals surface area contributed by atoms with Gasteiger partial charge in [0.25, 0.3) is 0 Å². The second kappa shape index (κ2) is 15.2. The number of ether oxygens (including phenoxy) is 2. The van der Waals surface area contributed by atoms with E-state index in [0.717, 1.165) is 73.9 Å². The molecule has 0 N–H and O–H groups in total. The molecule has 0 saturated heterocycles. The van der Waals surface area contributed by atoms with Crippen LogP contribution in [0.15, 0.2) is 48.5 Å². The lowest BCUT2D eigenvalue weighted by Crippen LogP contribution is -2.27. The van der Waals surface area contributed by atoms with Gasteiger partial charge in [-0.05, 0) is 85.7 Å². The number of benzene rings is 2. The van der Waals surface area contributed by atoms with Gasteiger partial charge < -0.3 is 19.3 Å². The molecule has 2 aromatic rings. The summed E-state index contributed by atoms with van der Waals surface area (Å²) in [7, 11) is 0. The van der Waals surface area contributed by atoms with Crippen molar-refractivity contribution in [2.24, 2.45) is 0 Å². The minimum Gasteiger partial charge on any atom is -0.492 e. The van der Waals surface area contributed by atoms with Crippen molar-refractivity contribution in [3.05, 3.63) is 59.7 Å². The highest BCUT2D eigenvalue weighted by atomic mass is 16.5. The lowest BCUT2D eigenvalue weighted by Gasteiger charge is -2.18. The van der Waals surface area contributed by atoms with Gasteiger partial charge in [-0.2, -0.15) is 5.26 Å². The van der Waals surface area contributed by atoms with Crippen LogP contribution in [0, 0.1) is 11.3 Å². The third kappa shape index (κ3) is 8.20. The second-order valence-corrected chi connectivity index (χ2v) is 8.12. The maximum absolute atomic E-state index is 9.96. The van der Waals surface area contributed by atoms with E-state index in [0.29, 0.717) is 18.8 Å². The average molecular weight is 464 g/mol. The van der Waals surface area contributed by atoms with Crippen molar-refractivity contribution in [3.8, 4) is 17.6 Å². The molecule has 5 nitrogen and oxygen atoms in total. The molecule has 0 aliphatic rings. The Hall–Kier alpha value is -2.81. The van der Waals surface area contributed by atoms with Crippen LogP contribution in [-0.2, 0) is 0 Å². The third-order valence-corrected chi connectivity index (χ3v) is 6.25. The molecular formula is C29H41N3O2. The van der Waals surface area contributed by atoms with Crippen LogP contribution in [0.2, 0.25) is 0 Å². The van der Waals surface area contributed by atoms with Gasteiger partial charge in [-0.1, -0.05) is 46.8 Å². The van der Waals surface area contributed by atoms with Gasteiger partial charge in [0.1, 0.15) is 30.8 Å². The number of hydrogen-bond acceptors (Lipinski definition) is 5. The number of hydrogen-bond donors (Lipinski definition) is 0. The predicted molar refractivity (Wildman–Crippen MR) is 142 cm³/mol. The first-order valence-corrected chi connectivity index (χ1v) is 12.6. The topological polar surface area (TPSA) is 48.7 Å². The summed E-state index contributed by atoms with van der Waals surface area (Å²) in [6, 6.07) is 18.4. The summed E-state index contributed by atoms with van der Waals surface area (Å²) in [5.41, 5.74) is 3.70. The van der Waals surface area contributed by atoms with Crippen LogP contribution in [0.1, 0.15) is 52.2 Å².